The standard InChI is InChI=1S/C20H26N6O/c1-13-14(2)22-18(23-19(13)25-9-8-15(21)12-25)20(27)26-11-10-24(3)16-6-4-5-7-17(16)26/h4-7,15H,8-12,21H2,1-3H3/t15-/m1/s1. The zero-order valence-corrected chi connectivity index (χ0v) is 16.1. The van der Waals surface area contributed by atoms with Crippen LogP contribution in [-0.4, -0.2) is 55.1 Å². The fraction of sp³-hybridized carbons (Fsp3) is 0.450. The third kappa shape index (κ3) is 3.12. The molecular formula is C20H26N6O. The van der Waals surface area contributed by atoms with Gasteiger partial charge < -0.3 is 20.4 Å². The summed E-state index contributed by atoms with van der Waals surface area (Å²) in [5.74, 6) is 0.942. The molecule has 27 heavy (non-hydrogen) atoms. The van der Waals surface area contributed by atoms with E-state index in [-0.39, 0.29) is 17.8 Å². The maximum absolute atomic E-state index is 13.3. The largest absolute Gasteiger partial charge is 0.371 e. The lowest BCUT2D eigenvalue weighted by Gasteiger charge is -2.35. The zero-order chi connectivity index (χ0) is 19.1. The van der Waals surface area contributed by atoms with Gasteiger partial charge in [-0.1, -0.05) is 12.1 Å². The number of aromatic nitrogens is 2. The summed E-state index contributed by atoms with van der Waals surface area (Å²) in [6.07, 6.45) is 0.942. The van der Waals surface area contributed by atoms with Gasteiger partial charge in [0.1, 0.15) is 5.82 Å². The molecule has 1 saturated heterocycles. The summed E-state index contributed by atoms with van der Waals surface area (Å²) in [6.45, 7) is 6.97. The van der Waals surface area contributed by atoms with Crippen molar-refractivity contribution in [2.24, 2.45) is 5.73 Å². The molecule has 0 saturated carbocycles. The van der Waals surface area contributed by atoms with Gasteiger partial charge in [0.05, 0.1) is 11.4 Å². The van der Waals surface area contributed by atoms with E-state index in [1.54, 1.807) is 4.90 Å². The van der Waals surface area contributed by atoms with Gasteiger partial charge in [0.2, 0.25) is 5.82 Å². The molecule has 0 bridgehead atoms. The van der Waals surface area contributed by atoms with Gasteiger partial charge in [-0.3, -0.25) is 4.79 Å². The van der Waals surface area contributed by atoms with E-state index in [0.717, 1.165) is 54.5 Å². The van der Waals surface area contributed by atoms with Crippen molar-refractivity contribution in [2.45, 2.75) is 26.3 Å². The third-order valence-corrected chi connectivity index (χ3v) is 5.57. The highest BCUT2D eigenvalue weighted by atomic mass is 16.2. The van der Waals surface area contributed by atoms with Crippen LogP contribution in [0.25, 0.3) is 0 Å². The first-order chi connectivity index (χ1) is 13.0. The Morgan fingerprint density at radius 1 is 1.11 bits per heavy atom. The van der Waals surface area contributed by atoms with Crippen LogP contribution >= 0.6 is 0 Å². The Hall–Kier alpha value is -2.67. The molecule has 1 amide bonds. The van der Waals surface area contributed by atoms with E-state index in [9.17, 15) is 4.79 Å². The SMILES string of the molecule is Cc1nc(C(=O)N2CCN(C)c3ccccc32)nc(N2CC[C@@H](N)C2)c1C. The van der Waals surface area contributed by atoms with Crippen molar-refractivity contribution in [1.82, 2.24) is 9.97 Å². The summed E-state index contributed by atoms with van der Waals surface area (Å²) in [5.41, 5.74) is 9.87. The third-order valence-electron chi connectivity index (χ3n) is 5.57. The van der Waals surface area contributed by atoms with Gasteiger partial charge in [-0.15, -0.1) is 0 Å². The smallest absolute Gasteiger partial charge is 0.296 e. The molecule has 0 unspecified atom stereocenters. The van der Waals surface area contributed by atoms with Crippen molar-refractivity contribution < 1.29 is 4.79 Å². The fourth-order valence-electron chi connectivity index (χ4n) is 3.83. The molecule has 0 spiro atoms. The van der Waals surface area contributed by atoms with E-state index in [0.29, 0.717) is 6.54 Å². The number of para-hydroxylation sites is 2. The molecule has 0 aliphatic carbocycles. The number of anilines is 3. The summed E-state index contributed by atoms with van der Waals surface area (Å²) in [4.78, 5) is 28.6. The van der Waals surface area contributed by atoms with E-state index in [4.69, 9.17) is 5.73 Å². The number of aryl methyl sites for hydroxylation is 1. The van der Waals surface area contributed by atoms with Crippen LogP contribution in [0.15, 0.2) is 24.3 Å². The van der Waals surface area contributed by atoms with Crippen LogP contribution in [0.5, 0.6) is 0 Å². The maximum atomic E-state index is 13.3. The molecule has 7 nitrogen and oxygen atoms in total. The highest BCUT2D eigenvalue weighted by Gasteiger charge is 2.29. The fourth-order valence-corrected chi connectivity index (χ4v) is 3.83. The molecule has 4 rings (SSSR count). The Labute approximate surface area is 159 Å². The Morgan fingerprint density at radius 2 is 1.85 bits per heavy atom. The topological polar surface area (TPSA) is 78.6 Å². The molecule has 7 heteroatoms. The number of hydrogen-bond acceptors (Lipinski definition) is 6. The van der Waals surface area contributed by atoms with E-state index in [1.165, 1.54) is 0 Å². The molecule has 2 aromatic rings. The number of carbonyl (C=O) groups is 1. The molecule has 2 aliphatic rings. The Bertz CT molecular complexity index is 883. The minimum Gasteiger partial charge on any atom is -0.371 e. The molecule has 1 atom stereocenters. The van der Waals surface area contributed by atoms with Crippen LogP contribution in [0, 0.1) is 13.8 Å². The molecule has 2 aliphatic heterocycles. The van der Waals surface area contributed by atoms with Gasteiger partial charge in [0.25, 0.3) is 5.91 Å². The van der Waals surface area contributed by atoms with E-state index >= 15 is 0 Å². The Kier molecular flexibility index (Phi) is 4.47. The number of carbonyl (C=O) groups excluding carboxylic acids is 1. The predicted molar refractivity (Wildman–Crippen MR) is 108 cm³/mol. The monoisotopic (exact) mass is 366 g/mol. The van der Waals surface area contributed by atoms with Crippen LogP contribution in [0.3, 0.4) is 0 Å². The average molecular weight is 366 g/mol. The van der Waals surface area contributed by atoms with Crippen molar-refractivity contribution in [1.29, 1.82) is 0 Å². The molecule has 1 aromatic heterocycles. The lowest BCUT2D eigenvalue weighted by Crippen LogP contribution is -2.43. The molecule has 142 valence electrons. The first-order valence-electron chi connectivity index (χ1n) is 9.43. The van der Waals surface area contributed by atoms with E-state index in [2.05, 4.69) is 19.8 Å². The lowest BCUT2D eigenvalue weighted by atomic mass is 10.1. The number of rotatable bonds is 2. The number of nitrogens with two attached hydrogens (primary N) is 1. The normalized spacial score (nSPS) is 19.4. The second-order valence-corrected chi connectivity index (χ2v) is 7.44. The van der Waals surface area contributed by atoms with Gasteiger partial charge in [0, 0.05) is 50.5 Å². The summed E-state index contributed by atoms with van der Waals surface area (Å²) >= 11 is 0. The van der Waals surface area contributed by atoms with E-state index < -0.39 is 0 Å². The average Bonchev–Trinajstić information content (AvgIpc) is 3.10. The summed E-state index contributed by atoms with van der Waals surface area (Å²) < 4.78 is 0. The number of fused-ring (bicyclic) bond motifs is 1. The summed E-state index contributed by atoms with van der Waals surface area (Å²) in [7, 11) is 2.04. The van der Waals surface area contributed by atoms with Gasteiger partial charge in [0.15, 0.2) is 0 Å². The lowest BCUT2D eigenvalue weighted by molar-refractivity contribution is 0.0976. The number of amides is 1. The Balaban J connectivity index is 1.71. The molecular weight excluding hydrogens is 340 g/mol. The summed E-state index contributed by atoms with van der Waals surface area (Å²) in [5, 5.41) is 0. The minimum atomic E-state index is -0.150. The quantitative estimate of drug-likeness (QED) is 0.872. The maximum Gasteiger partial charge on any atom is 0.296 e. The Morgan fingerprint density at radius 3 is 2.56 bits per heavy atom. The van der Waals surface area contributed by atoms with Gasteiger partial charge in [-0.2, -0.15) is 0 Å². The van der Waals surface area contributed by atoms with Crippen LogP contribution in [-0.2, 0) is 0 Å². The first-order valence-corrected chi connectivity index (χ1v) is 9.43. The van der Waals surface area contributed by atoms with Crippen LogP contribution in [0.2, 0.25) is 0 Å². The molecule has 2 N–H and O–H groups in total. The number of benzene rings is 1. The van der Waals surface area contributed by atoms with Crippen molar-refractivity contribution >= 4 is 23.1 Å². The number of hydrogen-bond donors (Lipinski definition) is 1. The second kappa shape index (κ2) is 6.81. The van der Waals surface area contributed by atoms with Gasteiger partial charge >= 0.3 is 0 Å². The minimum absolute atomic E-state index is 0.150. The second-order valence-electron chi connectivity index (χ2n) is 7.44. The van der Waals surface area contributed by atoms with Crippen molar-refractivity contribution in [3.63, 3.8) is 0 Å². The van der Waals surface area contributed by atoms with Crippen LogP contribution in [0.4, 0.5) is 17.2 Å². The van der Waals surface area contributed by atoms with Crippen LogP contribution in [0.1, 0.15) is 28.3 Å². The van der Waals surface area contributed by atoms with Gasteiger partial charge in [-0.25, -0.2) is 9.97 Å². The van der Waals surface area contributed by atoms with E-state index in [1.807, 2.05) is 45.2 Å². The van der Waals surface area contributed by atoms with Crippen molar-refractivity contribution in [3.8, 4) is 0 Å². The van der Waals surface area contributed by atoms with Crippen LogP contribution < -0.4 is 20.4 Å². The van der Waals surface area contributed by atoms with Gasteiger partial charge in [-0.05, 0) is 32.4 Å². The highest BCUT2D eigenvalue weighted by molar-refractivity contribution is 6.06. The number of likely N-dealkylation sites (N-methyl/N-ethyl adjacent to an activating group) is 1. The zero-order valence-electron chi connectivity index (χ0n) is 16.1. The predicted octanol–water partition coefficient (Wildman–Crippen LogP) is 1.73. The molecule has 1 fully saturated rings. The number of nitrogens with zero attached hydrogens (tertiary/aromatic N) is 5. The highest BCUT2D eigenvalue weighted by Crippen LogP contribution is 2.33. The summed E-state index contributed by atoms with van der Waals surface area (Å²) in [6, 6.07) is 8.11. The van der Waals surface area contributed by atoms with Crippen molar-refractivity contribution in [3.05, 3.63) is 41.3 Å². The molecule has 0 radical (unpaired) electrons. The molecule has 3 heterocycles. The van der Waals surface area contributed by atoms with Crippen molar-refractivity contribution in [2.75, 3.05) is 47.9 Å². The first kappa shape index (κ1) is 17.7. The molecule has 1 aromatic carbocycles.